The largest absolute Gasteiger partial charge is 0.242 e. The maximum absolute atomic E-state index is 14.2. The van der Waals surface area contributed by atoms with E-state index in [9.17, 15) is 4.39 Å². The molecule has 2 nitrogen and oxygen atoms in total. The van der Waals surface area contributed by atoms with Gasteiger partial charge in [0.05, 0.1) is 11.4 Å². The van der Waals surface area contributed by atoms with Gasteiger partial charge in [-0.1, -0.05) is 34.6 Å². The molecule has 1 heterocycles. The van der Waals surface area contributed by atoms with E-state index in [2.05, 4.69) is 44.8 Å². The van der Waals surface area contributed by atoms with Gasteiger partial charge in [-0.15, -0.1) is 0 Å². The van der Waals surface area contributed by atoms with E-state index in [1.54, 1.807) is 0 Å². The molecule has 0 amide bonds. The molecular weight excluding hydrogens is 227 g/mol. The van der Waals surface area contributed by atoms with Crippen LogP contribution in [0, 0.1) is 0 Å². The van der Waals surface area contributed by atoms with Crippen LogP contribution in [-0.2, 0) is 11.8 Å². The Morgan fingerprint density at radius 2 is 2.00 bits per heavy atom. The summed E-state index contributed by atoms with van der Waals surface area (Å²) in [6.07, 6.45) is 1.50. The SMILES string of the molecule is CCC(C)(C)c1nnc(C(C)C)c2c1C(F)CC2. The number of aromatic nitrogens is 2. The summed E-state index contributed by atoms with van der Waals surface area (Å²) in [4.78, 5) is 0. The lowest BCUT2D eigenvalue weighted by molar-refractivity contribution is 0.333. The number of nitrogens with zero attached hydrogens (tertiary/aromatic N) is 2. The zero-order chi connectivity index (χ0) is 13.5. The number of halogens is 1. The van der Waals surface area contributed by atoms with Gasteiger partial charge in [0.1, 0.15) is 6.17 Å². The van der Waals surface area contributed by atoms with Crippen LogP contribution in [0.25, 0.3) is 0 Å². The molecule has 1 aliphatic rings. The molecule has 0 spiro atoms. The molecule has 2 rings (SSSR count). The fourth-order valence-corrected chi connectivity index (χ4v) is 2.65. The molecule has 1 unspecified atom stereocenters. The fourth-order valence-electron chi connectivity index (χ4n) is 2.65. The van der Waals surface area contributed by atoms with Crippen LogP contribution in [0.3, 0.4) is 0 Å². The predicted molar refractivity (Wildman–Crippen MR) is 71.6 cm³/mol. The van der Waals surface area contributed by atoms with Gasteiger partial charge in [0.2, 0.25) is 0 Å². The van der Waals surface area contributed by atoms with E-state index in [0.717, 1.165) is 35.4 Å². The first-order valence-electron chi connectivity index (χ1n) is 6.92. The Bertz CT molecular complexity index is 452. The van der Waals surface area contributed by atoms with Gasteiger partial charge in [-0.2, -0.15) is 10.2 Å². The first-order valence-corrected chi connectivity index (χ1v) is 6.92. The highest BCUT2D eigenvalue weighted by molar-refractivity contribution is 5.42. The highest BCUT2D eigenvalue weighted by atomic mass is 19.1. The number of fused-ring (bicyclic) bond motifs is 1. The van der Waals surface area contributed by atoms with Gasteiger partial charge >= 0.3 is 0 Å². The predicted octanol–water partition coefficient (Wildman–Crippen LogP) is 4.24. The van der Waals surface area contributed by atoms with Gasteiger partial charge in [-0.05, 0) is 30.7 Å². The molecule has 18 heavy (non-hydrogen) atoms. The lowest BCUT2D eigenvalue weighted by Gasteiger charge is -2.25. The Morgan fingerprint density at radius 3 is 2.56 bits per heavy atom. The van der Waals surface area contributed by atoms with Gasteiger partial charge < -0.3 is 0 Å². The molecule has 0 aliphatic heterocycles. The Kier molecular flexibility index (Phi) is 3.43. The van der Waals surface area contributed by atoms with Crippen molar-refractivity contribution in [3.8, 4) is 0 Å². The van der Waals surface area contributed by atoms with E-state index < -0.39 is 6.17 Å². The van der Waals surface area contributed by atoms with Gasteiger partial charge in [0, 0.05) is 11.0 Å². The molecule has 3 heteroatoms. The quantitative estimate of drug-likeness (QED) is 0.801. The van der Waals surface area contributed by atoms with Gasteiger partial charge in [-0.25, -0.2) is 4.39 Å². The minimum Gasteiger partial charge on any atom is -0.242 e. The van der Waals surface area contributed by atoms with Crippen LogP contribution in [0.15, 0.2) is 0 Å². The van der Waals surface area contributed by atoms with Crippen molar-refractivity contribution in [3.05, 3.63) is 22.5 Å². The summed E-state index contributed by atoms with van der Waals surface area (Å²) in [6.45, 7) is 10.6. The van der Waals surface area contributed by atoms with Crippen molar-refractivity contribution in [2.75, 3.05) is 0 Å². The van der Waals surface area contributed by atoms with Crippen molar-refractivity contribution in [2.24, 2.45) is 0 Å². The first kappa shape index (κ1) is 13.4. The van der Waals surface area contributed by atoms with E-state index in [1.165, 1.54) is 0 Å². The molecule has 0 radical (unpaired) electrons. The first-order chi connectivity index (χ1) is 8.38. The zero-order valence-corrected chi connectivity index (χ0v) is 12.0. The van der Waals surface area contributed by atoms with Crippen molar-refractivity contribution in [1.29, 1.82) is 0 Å². The van der Waals surface area contributed by atoms with Crippen LogP contribution in [0.4, 0.5) is 4.39 Å². The Hall–Kier alpha value is -0.990. The second-order valence-corrected chi connectivity index (χ2v) is 6.22. The molecule has 0 saturated carbocycles. The van der Waals surface area contributed by atoms with E-state index in [1.807, 2.05) is 0 Å². The normalized spacial score (nSPS) is 19.4. The van der Waals surface area contributed by atoms with Crippen LogP contribution in [0.5, 0.6) is 0 Å². The van der Waals surface area contributed by atoms with Crippen molar-refractivity contribution in [1.82, 2.24) is 10.2 Å². The summed E-state index contributed by atoms with van der Waals surface area (Å²) in [7, 11) is 0. The van der Waals surface area contributed by atoms with E-state index in [-0.39, 0.29) is 5.41 Å². The zero-order valence-electron chi connectivity index (χ0n) is 12.0. The second-order valence-electron chi connectivity index (χ2n) is 6.22. The Labute approximate surface area is 109 Å². The van der Waals surface area contributed by atoms with Crippen LogP contribution in [-0.4, -0.2) is 10.2 Å². The second kappa shape index (κ2) is 4.60. The topological polar surface area (TPSA) is 25.8 Å². The minimum absolute atomic E-state index is 0.0960. The third kappa shape index (κ3) is 2.04. The van der Waals surface area contributed by atoms with Gasteiger partial charge in [0.15, 0.2) is 0 Å². The number of rotatable bonds is 3. The Balaban J connectivity index is 2.62. The van der Waals surface area contributed by atoms with Crippen molar-refractivity contribution < 1.29 is 4.39 Å². The number of alkyl halides is 1. The average Bonchev–Trinajstić information content (AvgIpc) is 2.70. The van der Waals surface area contributed by atoms with E-state index in [4.69, 9.17) is 0 Å². The highest BCUT2D eigenvalue weighted by Gasteiger charge is 2.35. The molecule has 1 aromatic rings. The minimum atomic E-state index is -0.853. The smallest absolute Gasteiger partial charge is 0.128 e. The molecule has 0 fully saturated rings. The number of hydrogen-bond donors (Lipinski definition) is 0. The van der Waals surface area contributed by atoms with Gasteiger partial charge in [0.25, 0.3) is 0 Å². The summed E-state index contributed by atoms with van der Waals surface area (Å²) in [5.41, 5.74) is 3.74. The maximum Gasteiger partial charge on any atom is 0.128 e. The molecule has 100 valence electrons. The summed E-state index contributed by atoms with van der Waals surface area (Å²) in [6, 6.07) is 0. The molecule has 1 aliphatic carbocycles. The summed E-state index contributed by atoms with van der Waals surface area (Å²) in [5.74, 6) is 0.315. The van der Waals surface area contributed by atoms with Crippen LogP contribution < -0.4 is 0 Å². The van der Waals surface area contributed by atoms with Crippen molar-refractivity contribution in [3.63, 3.8) is 0 Å². The molecule has 1 aromatic heterocycles. The molecule has 0 aromatic carbocycles. The van der Waals surface area contributed by atoms with Crippen molar-refractivity contribution in [2.45, 2.75) is 71.4 Å². The maximum atomic E-state index is 14.2. The molecule has 1 atom stereocenters. The Morgan fingerprint density at radius 1 is 1.33 bits per heavy atom. The van der Waals surface area contributed by atoms with Crippen LogP contribution in [0.2, 0.25) is 0 Å². The van der Waals surface area contributed by atoms with Crippen LogP contribution >= 0.6 is 0 Å². The molecule has 0 bridgehead atoms. The van der Waals surface area contributed by atoms with Crippen molar-refractivity contribution >= 4 is 0 Å². The molecular formula is C15H23FN2. The molecule has 0 saturated heterocycles. The summed E-state index contributed by atoms with van der Waals surface area (Å²) >= 11 is 0. The van der Waals surface area contributed by atoms with E-state index in [0.29, 0.717) is 12.3 Å². The molecule has 0 N–H and O–H groups in total. The fraction of sp³-hybridized carbons (Fsp3) is 0.733. The monoisotopic (exact) mass is 250 g/mol. The third-order valence-electron chi connectivity index (χ3n) is 4.18. The lowest BCUT2D eigenvalue weighted by Crippen LogP contribution is -2.22. The summed E-state index contributed by atoms with van der Waals surface area (Å²) in [5, 5.41) is 8.76. The lowest BCUT2D eigenvalue weighted by atomic mass is 9.82. The van der Waals surface area contributed by atoms with E-state index >= 15 is 0 Å². The standard InChI is InChI=1S/C15H23FN2/c1-6-15(4,5)14-12-10(7-8-11(12)16)13(9(2)3)17-18-14/h9,11H,6-8H2,1-5H3. The van der Waals surface area contributed by atoms with Crippen LogP contribution in [0.1, 0.15) is 82.1 Å². The van der Waals surface area contributed by atoms with Gasteiger partial charge in [-0.3, -0.25) is 0 Å². The highest BCUT2D eigenvalue weighted by Crippen LogP contribution is 2.42. The third-order valence-corrected chi connectivity index (χ3v) is 4.18. The number of hydrogen-bond acceptors (Lipinski definition) is 2. The summed E-state index contributed by atoms with van der Waals surface area (Å²) < 4.78 is 14.2. The average molecular weight is 250 g/mol.